The van der Waals surface area contributed by atoms with Gasteiger partial charge in [-0.05, 0) is 30.0 Å². The number of amides is 2. The first-order valence-electron chi connectivity index (χ1n) is 8.01. The smallest absolute Gasteiger partial charge is 0.306 e. The van der Waals surface area contributed by atoms with Gasteiger partial charge in [-0.2, -0.15) is 0 Å². The van der Waals surface area contributed by atoms with Gasteiger partial charge in [-0.3, -0.25) is 14.4 Å². The molecule has 1 saturated carbocycles. The molecule has 1 N–H and O–H groups in total. The van der Waals surface area contributed by atoms with Crippen LogP contribution < -0.4 is 5.32 Å². The lowest BCUT2D eigenvalue weighted by atomic mass is 9.71. The number of likely N-dealkylation sites (tertiary alicyclic amines) is 1. The summed E-state index contributed by atoms with van der Waals surface area (Å²) >= 11 is 5.82. The maximum absolute atomic E-state index is 12.4. The van der Waals surface area contributed by atoms with Crippen molar-refractivity contribution < 1.29 is 23.5 Å². The molecule has 7 nitrogen and oxygen atoms in total. The van der Waals surface area contributed by atoms with Gasteiger partial charge in [0.1, 0.15) is 6.61 Å². The van der Waals surface area contributed by atoms with Crippen molar-refractivity contribution in [1.29, 1.82) is 0 Å². The van der Waals surface area contributed by atoms with Crippen molar-refractivity contribution in [1.82, 2.24) is 10.2 Å². The highest BCUT2D eigenvalue weighted by atomic mass is 35.5. The summed E-state index contributed by atoms with van der Waals surface area (Å²) in [6.45, 7) is 1.48. The molecule has 0 radical (unpaired) electrons. The first-order chi connectivity index (χ1) is 11.5. The second-order valence-corrected chi connectivity index (χ2v) is 7.02. The van der Waals surface area contributed by atoms with E-state index in [4.69, 9.17) is 20.8 Å². The molecule has 2 aliphatic heterocycles. The van der Waals surface area contributed by atoms with Gasteiger partial charge in [0.05, 0.1) is 24.2 Å². The Balaban J connectivity index is 1.34. The molecular weight excluding hydrogens is 336 g/mol. The van der Waals surface area contributed by atoms with Gasteiger partial charge in [0, 0.05) is 25.0 Å². The highest BCUT2D eigenvalue weighted by molar-refractivity contribution is 6.32. The zero-order valence-electron chi connectivity index (χ0n) is 12.9. The zero-order valence-corrected chi connectivity index (χ0v) is 13.6. The number of hydrogen-bond donors (Lipinski definition) is 1. The van der Waals surface area contributed by atoms with Crippen LogP contribution in [0.5, 0.6) is 0 Å². The predicted octanol–water partition coefficient (Wildman–Crippen LogP) is 1.07. The lowest BCUT2D eigenvalue weighted by Crippen LogP contribution is -2.52. The Labute approximate surface area is 143 Å². The molecule has 3 aliphatic rings. The van der Waals surface area contributed by atoms with E-state index in [0.29, 0.717) is 24.6 Å². The highest BCUT2D eigenvalue weighted by Crippen LogP contribution is 2.41. The summed E-state index contributed by atoms with van der Waals surface area (Å²) in [6.07, 6.45) is 2.39. The molecule has 4 rings (SSSR count). The van der Waals surface area contributed by atoms with Crippen LogP contribution in [0.2, 0.25) is 5.22 Å². The number of rotatable bonds is 3. The standard InChI is InChI=1S/C16H17ClN2O5/c17-14-10(1-2-23-14)15(21)18-12-3-8-5-19(6-11(8)12)16(22)9-4-13(20)24-7-9/h1-2,8-9,11-12H,3-7H2,(H,18,21). The van der Waals surface area contributed by atoms with Crippen molar-refractivity contribution in [3.63, 3.8) is 0 Å². The summed E-state index contributed by atoms with van der Waals surface area (Å²) in [5, 5.41) is 3.05. The molecule has 0 aromatic carbocycles. The van der Waals surface area contributed by atoms with Gasteiger partial charge in [0.15, 0.2) is 0 Å². The number of nitrogens with one attached hydrogen (secondary N) is 1. The van der Waals surface area contributed by atoms with Crippen molar-refractivity contribution in [2.75, 3.05) is 19.7 Å². The van der Waals surface area contributed by atoms with Gasteiger partial charge in [-0.15, -0.1) is 0 Å². The summed E-state index contributed by atoms with van der Waals surface area (Å²) in [5.74, 6) is -0.279. The minimum absolute atomic E-state index is 0.0156. The van der Waals surface area contributed by atoms with Crippen LogP contribution in [0.15, 0.2) is 16.7 Å². The number of halogens is 1. The SMILES string of the molecule is O=C1CC(C(=O)N2CC3CC(NC(=O)c4ccoc4Cl)C3C2)CO1. The molecule has 3 heterocycles. The van der Waals surface area contributed by atoms with E-state index in [2.05, 4.69) is 5.32 Å². The van der Waals surface area contributed by atoms with Crippen LogP contribution >= 0.6 is 11.6 Å². The quantitative estimate of drug-likeness (QED) is 0.822. The largest absolute Gasteiger partial charge is 0.465 e. The molecule has 0 spiro atoms. The van der Waals surface area contributed by atoms with Crippen molar-refractivity contribution in [3.05, 3.63) is 23.1 Å². The van der Waals surface area contributed by atoms with Crippen molar-refractivity contribution in [2.24, 2.45) is 17.8 Å². The average Bonchev–Trinajstić information content (AvgIpc) is 3.23. The van der Waals surface area contributed by atoms with Gasteiger partial charge in [-0.25, -0.2) is 0 Å². The Morgan fingerprint density at radius 3 is 2.83 bits per heavy atom. The molecule has 4 unspecified atom stereocenters. The molecule has 2 saturated heterocycles. The Morgan fingerprint density at radius 2 is 2.17 bits per heavy atom. The molecule has 128 valence electrons. The zero-order chi connectivity index (χ0) is 16.8. The van der Waals surface area contributed by atoms with E-state index < -0.39 is 0 Å². The van der Waals surface area contributed by atoms with Crippen LogP contribution in [0.25, 0.3) is 0 Å². The highest BCUT2D eigenvalue weighted by Gasteiger charge is 2.50. The summed E-state index contributed by atoms with van der Waals surface area (Å²) in [5.41, 5.74) is 0.327. The number of furan rings is 1. The summed E-state index contributed by atoms with van der Waals surface area (Å²) in [7, 11) is 0. The summed E-state index contributed by atoms with van der Waals surface area (Å²) in [6, 6.07) is 1.57. The van der Waals surface area contributed by atoms with Gasteiger partial charge in [0.25, 0.3) is 5.91 Å². The first-order valence-corrected chi connectivity index (χ1v) is 8.39. The fraction of sp³-hybridized carbons (Fsp3) is 0.562. The molecule has 4 atom stereocenters. The number of fused-ring (bicyclic) bond motifs is 1. The molecule has 3 fully saturated rings. The molecule has 1 aromatic rings. The number of nitrogens with zero attached hydrogens (tertiary/aromatic N) is 1. The molecule has 24 heavy (non-hydrogen) atoms. The maximum Gasteiger partial charge on any atom is 0.306 e. The second-order valence-electron chi connectivity index (χ2n) is 6.67. The van der Waals surface area contributed by atoms with E-state index in [-0.39, 0.29) is 53.9 Å². The maximum atomic E-state index is 12.4. The number of carbonyl (C=O) groups excluding carboxylic acids is 3. The predicted molar refractivity (Wildman–Crippen MR) is 82.2 cm³/mol. The molecule has 1 aliphatic carbocycles. The topological polar surface area (TPSA) is 88.9 Å². The molecular formula is C16H17ClN2O5. The molecule has 1 aromatic heterocycles. The summed E-state index contributed by atoms with van der Waals surface area (Å²) < 4.78 is 9.81. The van der Waals surface area contributed by atoms with Crippen LogP contribution in [0, 0.1) is 17.8 Å². The third kappa shape index (κ3) is 2.56. The lowest BCUT2D eigenvalue weighted by molar-refractivity contribution is -0.138. The van der Waals surface area contributed by atoms with E-state index in [1.165, 1.54) is 12.3 Å². The number of esters is 1. The van der Waals surface area contributed by atoms with Crippen LogP contribution in [-0.4, -0.2) is 48.4 Å². The van der Waals surface area contributed by atoms with Crippen LogP contribution in [-0.2, 0) is 14.3 Å². The first kappa shape index (κ1) is 15.5. The Hall–Kier alpha value is -2.02. The van der Waals surface area contributed by atoms with E-state index in [1.807, 2.05) is 0 Å². The van der Waals surface area contributed by atoms with E-state index in [0.717, 1.165) is 6.42 Å². The van der Waals surface area contributed by atoms with E-state index in [1.54, 1.807) is 4.90 Å². The third-order valence-corrected chi connectivity index (χ3v) is 5.56. The van der Waals surface area contributed by atoms with Crippen molar-refractivity contribution in [3.8, 4) is 0 Å². The lowest BCUT2D eigenvalue weighted by Gasteiger charge is -2.39. The number of cyclic esters (lactones) is 1. The average molecular weight is 353 g/mol. The number of hydrogen-bond acceptors (Lipinski definition) is 5. The van der Waals surface area contributed by atoms with E-state index in [9.17, 15) is 14.4 Å². The second kappa shape index (κ2) is 5.81. The number of ether oxygens (including phenoxy) is 1. The monoisotopic (exact) mass is 352 g/mol. The number of carbonyl (C=O) groups is 3. The fourth-order valence-corrected chi connectivity index (χ4v) is 4.08. The molecule has 8 heteroatoms. The third-order valence-electron chi connectivity index (χ3n) is 5.26. The Kier molecular flexibility index (Phi) is 3.75. The van der Waals surface area contributed by atoms with Crippen molar-refractivity contribution >= 4 is 29.4 Å². The van der Waals surface area contributed by atoms with Crippen LogP contribution in [0.1, 0.15) is 23.2 Å². The summed E-state index contributed by atoms with van der Waals surface area (Å²) in [4.78, 5) is 37.6. The fourth-order valence-electron chi connectivity index (χ4n) is 3.88. The van der Waals surface area contributed by atoms with Crippen LogP contribution in [0.3, 0.4) is 0 Å². The molecule has 2 amide bonds. The van der Waals surface area contributed by atoms with E-state index >= 15 is 0 Å². The van der Waals surface area contributed by atoms with Gasteiger partial charge >= 0.3 is 5.97 Å². The molecule has 0 bridgehead atoms. The van der Waals surface area contributed by atoms with Gasteiger partial charge in [0.2, 0.25) is 11.1 Å². The minimum Gasteiger partial charge on any atom is -0.465 e. The normalized spacial score (nSPS) is 31.4. The van der Waals surface area contributed by atoms with Crippen molar-refractivity contribution in [2.45, 2.75) is 18.9 Å². The Morgan fingerprint density at radius 1 is 1.33 bits per heavy atom. The van der Waals surface area contributed by atoms with Crippen LogP contribution in [0.4, 0.5) is 0 Å². The van der Waals surface area contributed by atoms with Gasteiger partial charge in [-0.1, -0.05) is 0 Å². The minimum atomic E-state index is -0.354. The van der Waals surface area contributed by atoms with Gasteiger partial charge < -0.3 is 19.4 Å². The Bertz CT molecular complexity index is 702.